The van der Waals surface area contributed by atoms with E-state index in [4.69, 9.17) is 0 Å². The molecule has 0 spiro atoms. The third kappa shape index (κ3) is 5.78. The zero-order valence-electron chi connectivity index (χ0n) is 37.4. The minimum atomic E-state index is -0.163. The normalized spacial score (nSPS) is 14.0. The summed E-state index contributed by atoms with van der Waals surface area (Å²) in [5.74, 6) is 0. The number of aryl methyl sites for hydroxylation is 2. The van der Waals surface area contributed by atoms with Gasteiger partial charge in [-0.15, -0.1) is 0 Å². The van der Waals surface area contributed by atoms with Crippen LogP contribution < -0.4 is 4.90 Å². The maximum Gasteiger partial charge on any atom is 0.0542 e. The summed E-state index contributed by atoms with van der Waals surface area (Å²) < 4.78 is 2.48. The monoisotopic (exact) mass is 822 g/mol. The zero-order valence-corrected chi connectivity index (χ0v) is 37.4. The molecule has 0 fully saturated rings. The number of benzene rings is 9. The molecule has 1 heterocycles. The molecule has 308 valence electrons. The number of fused-ring (bicyclic) bond motifs is 9. The molecule has 0 bridgehead atoms. The molecule has 0 atom stereocenters. The minimum Gasteiger partial charge on any atom is -0.310 e. The van der Waals surface area contributed by atoms with Gasteiger partial charge in [0.2, 0.25) is 0 Å². The van der Waals surface area contributed by atoms with Crippen LogP contribution in [0.4, 0.5) is 17.1 Å². The smallest absolute Gasteiger partial charge is 0.0542 e. The van der Waals surface area contributed by atoms with Crippen LogP contribution in [-0.4, -0.2) is 4.57 Å². The van der Waals surface area contributed by atoms with Crippen LogP contribution in [0.15, 0.2) is 194 Å². The van der Waals surface area contributed by atoms with Gasteiger partial charge in [0.25, 0.3) is 0 Å². The van der Waals surface area contributed by atoms with Crippen molar-refractivity contribution in [1.29, 1.82) is 0 Å². The lowest BCUT2D eigenvalue weighted by molar-refractivity contribution is 0.660. The summed E-state index contributed by atoms with van der Waals surface area (Å²) in [6.45, 7) is 13.9. The Morgan fingerprint density at radius 2 is 0.875 bits per heavy atom. The largest absolute Gasteiger partial charge is 0.310 e. The SMILES string of the molecule is Cc1cc(C)cc(-c2ccc3c(c2)C(C)(C)c2cc(-n4c5ccccc5c5cc(N(c6ccc(-c7ccccc7)cc6)c6ccc7c(c6)C(C)(C)c6ccccc6-7)ccc54)ccc2-3)c1. The van der Waals surface area contributed by atoms with E-state index in [-0.39, 0.29) is 10.8 Å². The molecule has 0 saturated carbocycles. The van der Waals surface area contributed by atoms with Crippen molar-refractivity contribution in [3.05, 3.63) is 228 Å². The Balaban J connectivity index is 0.992. The van der Waals surface area contributed by atoms with Crippen LogP contribution in [0.5, 0.6) is 0 Å². The van der Waals surface area contributed by atoms with E-state index in [1.807, 2.05) is 0 Å². The number of para-hydroxylation sites is 1. The fourth-order valence-electron chi connectivity index (χ4n) is 11.3. The summed E-state index contributed by atoms with van der Waals surface area (Å²) in [7, 11) is 0. The highest BCUT2D eigenvalue weighted by atomic mass is 15.1. The molecule has 0 amide bonds. The Bertz CT molecular complexity index is 3490. The van der Waals surface area contributed by atoms with Crippen molar-refractivity contribution < 1.29 is 0 Å². The first-order valence-electron chi connectivity index (χ1n) is 22.7. The first-order valence-corrected chi connectivity index (χ1v) is 22.7. The third-order valence-electron chi connectivity index (χ3n) is 14.4. The van der Waals surface area contributed by atoms with E-state index in [0.717, 1.165) is 17.1 Å². The van der Waals surface area contributed by atoms with E-state index in [1.165, 1.54) is 105 Å². The van der Waals surface area contributed by atoms with Gasteiger partial charge < -0.3 is 9.47 Å². The van der Waals surface area contributed by atoms with Crippen molar-refractivity contribution in [2.45, 2.75) is 52.4 Å². The van der Waals surface area contributed by atoms with Crippen LogP contribution in [0.3, 0.4) is 0 Å². The van der Waals surface area contributed by atoms with Gasteiger partial charge in [0, 0.05) is 44.4 Å². The highest BCUT2D eigenvalue weighted by Gasteiger charge is 2.37. The maximum absolute atomic E-state index is 2.48. The molecule has 0 N–H and O–H groups in total. The van der Waals surface area contributed by atoms with E-state index in [0.29, 0.717) is 0 Å². The molecule has 0 radical (unpaired) electrons. The fourth-order valence-corrected chi connectivity index (χ4v) is 11.3. The second-order valence-corrected chi connectivity index (χ2v) is 19.2. The molecule has 2 nitrogen and oxygen atoms in total. The molecule has 64 heavy (non-hydrogen) atoms. The number of hydrogen-bond acceptors (Lipinski definition) is 1. The summed E-state index contributed by atoms with van der Waals surface area (Å²) in [5, 5.41) is 2.47. The quantitative estimate of drug-likeness (QED) is 0.162. The van der Waals surface area contributed by atoms with Gasteiger partial charge in [-0.2, -0.15) is 0 Å². The highest BCUT2D eigenvalue weighted by Crippen LogP contribution is 2.53. The topological polar surface area (TPSA) is 8.17 Å². The van der Waals surface area contributed by atoms with E-state index in [9.17, 15) is 0 Å². The van der Waals surface area contributed by atoms with Gasteiger partial charge in [-0.25, -0.2) is 0 Å². The summed E-state index contributed by atoms with van der Waals surface area (Å²) in [5.41, 5.74) is 25.1. The van der Waals surface area contributed by atoms with Crippen LogP contribution in [0.2, 0.25) is 0 Å². The number of anilines is 3. The average molecular weight is 823 g/mol. The predicted molar refractivity (Wildman–Crippen MR) is 271 cm³/mol. The van der Waals surface area contributed by atoms with Crippen molar-refractivity contribution in [1.82, 2.24) is 4.57 Å². The lowest BCUT2D eigenvalue weighted by Crippen LogP contribution is -2.16. The fraction of sp³-hybridized carbons (Fsp3) is 0.129. The molecule has 2 aliphatic carbocycles. The Morgan fingerprint density at radius 3 is 1.66 bits per heavy atom. The molecule has 0 saturated heterocycles. The lowest BCUT2D eigenvalue weighted by Gasteiger charge is -2.28. The van der Waals surface area contributed by atoms with Crippen molar-refractivity contribution in [3.8, 4) is 50.2 Å². The summed E-state index contributed by atoms with van der Waals surface area (Å²) in [4.78, 5) is 2.45. The minimum absolute atomic E-state index is 0.115. The van der Waals surface area contributed by atoms with Crippen LogP contribution in [0.1, 0.15) is 61.1 Å². The molecule has 9 aromatic carbocycles. The van der Waals surface area contributed by atoms with E-state index in [1.54, 1.807) is 0 Å². The summed E-state index contributed by atoms with van der Waals surface area (Å²) in [6.07, 6.45) is 0. The molecule has 2 heteroatoms. The van der Waals surface area contributed by atoms with Gasteiger partial charge in [-0.3, -0.25) is 0 Å². The predicted octanol–water partition coefficient (Wildman–Crippen LogP) is 16.8. The van der Waals surface area contributed by atoms with Crippen molar-refractivity contribution in [3.63, 3.8) is 0 Å². The van der Waals surface area contributed by atoms with E-state index < -0.39 is 0 Å². The number of nitrogens with zero attached hydrogens (tertiary/aromatic N) is 2. The van der Waals surface area contributed by atoms with E-state index in [2.05, 4.69) is 245 Å². The van der Waals surface area contributed by atoms with Gasteiger partial charge in [0.1, 0.15) is 0 Å². The Kier molecular flexibility index (Phi) is 8.40. The first-order chi connectivity index (χ1) is 31.0. The molecular formula is C62H50N2. The molecule has 0 aliphatic heterocycles. The molecule has 12 rings (SSSR count). The second kappa shape index (κ2) is 14.0. The van der Waals surface area contributed by atoms with Gasteiger partial charge in [-0.05, 0) is 147 Å². The Morgan fingerprint density at radius 1 is 0.344 bits per heavy atom. The molecule has 1 aromatic heterocycles. The standard InChI is InChI=1S/C62H50N2/c1-39-32-40(2)34-44(33-39)43-22-28-50-52-30-26-48(38-58(52)62(5,6)56(50)35-43)64-59-19-13-11-17-53(59)54-36-46(27-31-60(54)64)63(45-23-20-42(21-24-45)41-14-8-7-9-15-41)47-25-29-51-49-16-10-12-18-55(49)61(3,4)57(51)37-47/h7-38H,1-6H3. The van der Waals surface area contributed by atoms with Crippen LogP contribution >= 0.6 is 0 Å². The first kappa shape index (κ1) is 38.3. The number of rotatable bonds is 6. The van der Waals surface area contributed by atoms with Crippen LogP contribution in [0.25, 0.3) is 72.0 Å². The maximum atomic E-state index is 2.48. The summed E-state index contributed by atoms with van der Waals surface area (Å²) in [6, 6.07) is 72.8. The van der Waals surface area contributed by atoms with Crippen LogP contribution in [0, 0.1) is 13.8 Å². The van der Waals surface area contributed by atoms with Gasteiger partial charge in [-0.1, -0.05) is 166 Å². The Hall–Kier alpha value is -7.42. The molecule has 10 aromatic rings. The highest BCUT2D eigenvalue weighted by molar-refractivity contribution is 6.11. The number of aromatic nitrogens is 1. The van der Waals surface area contributed by atoms with E-state index >= 15 is 0 Å². The van der Waals surface area contributed by atoms with Gasteiger partial charge in [0.15, 0.2) is 0 Å². The second-order valence-electron chi connectivity index (χ2n) is 19.2. The summed E-state index contributed by atoms with van der Waals surface area (Å²) >= 11 is 0. The van der Waals surface area contributed by atoms with Gasteiger partial charge in [0.05, 0.1) is 11.0 Å². The molecule has 2 aliphatic rings. The van der Waals surface area contributed by atoms with Crippen molar-refractivity contribution in [2.24, 2.45) is 0 Å². The van der Waals surface area contributed by atoms with Crippen LogP contribution in [-0.2, 0) is 10.8 Å². The van der Waals surface area contributed by atoms with Crippen molar-refractivity contribution >= 4 is 38.9 Å². The lowest BCUT2D eigenvalue weighted by atomic mass is 9.81. The Labute approximate surface area is 376 Å². The molecule has 0 unspecified atom stereocenters. The third-order valence-corrected chi connectivity index (χ3v) is 14.4. The zero-order chi connectivity index (χ0) is 43.5. The van der Waals surface area contributed by atoms with Crippen molar-refractivity contribution in [2.75, 3.05) is 4.90 Å². The number of hydrogen-bond donors (Lipinski definition) is 0. The van der Waals surface area contributed by atoms with Gasteiger partial charge >= 0.3 is 0 Å². The molecular weight excluding hydrogens is 773 g/mol. The average Bonchev–Trinajstić information content (AvgIpc) is 3.85.